The smallest absolute Gasteiger partial charge is 0.258 e. The van der Waals surface area contributed by atoms with Crippen LogP contribution in [0.1, 0.15) is 26.3 Å². The van der Waals surface area contributed by atoms with Gasteiger partial charge in [0.05, 0.1) is 5.56 Å². The van der Waals surface area contributed by atoms with Crippen molar-refractivity contribution in [2.24, 2.45) is 5.92 Å². The second-order valence-electron chi connectivity index (χ2n) is 6.20. The summed E-state index contributed by atoms with van der Waals surface area (Å²) in [5.41, 5.74) is 1.71. The number of carbonyl (C=O) groups is 2. The number of hydrogen-bond donors (Lipinski definition) is 3. The zero-order valence-electron chi connectivity index (χ0n) is 14.3. The van der Waals surface area contributed by atoms with Gasteiger partial charge in [0.25, 0.3) is 11.8 Å². The second kappa shape index (κ2) is 8.78. The summed E-state index contributed by atoms with van der Waals surface area (Å²) in [5, 5.41) is 8.72. The third kappa shape index (κ3) is 4.59. The van der Waals surface area contributed by atoms with E-state index < -0.39 is 11.7 Å². The predicted octanol–water partition coefficient (Wildman–Crippen LogP) is 2.76. The first-order valence-corrected chi connectivity index (χ1v) is 8.20. The highest BCUT2D eigenvalue weighted by Gasteiger charge is 2.18. The molecule has 0 atom stereocenters. The highest BCUT2D eigenvalue weighted by molar-refractivity contribution is 6.05. The van der Waals surface area contributed by atoms with Crippen LogP contribution in [0.15, 0.2) is 42.5 Å². The number of hydrogen-bond acceptors (Lipinski definition) is 3. The van der Waals surface area contributed by atoms with Gasteiger partial charge in [-0.15, -0.1) is 12.4 Å². The van der Waals surface area contributed by atoms with E-state index in [0.29, 0.717) is 23.7 Å². The zero-order chi connectivity index (χ0) is 17.8. The van der Waals surface area contributed by atoms with Gasteiger partial charge in [-0.1, -0.05) is 18.2 Å². The molecule has 26 heavy (non-hydrogen) atoms. The molecule has 1 heterocycles. The fraction of sp³-hybridized carbons (Fsp3) is 0.263. The Morgan fingerprint density at radius 2 is 1.88 bits per heavy atom. The quantitative estimate of drug-likeness (QED) is 0.750. The van der Waals surface area contributed by atoms with Crippen molar-refractivity contribution in [3.63, 3.8) is 0 Å². The minimum Gasteiger partial charge on any atom is -0.352 e. The van der Waals surface area contributed by atoms with Gasteiger partial charge in [0.15, 0.2) is 0 Å². The Balaban J connectivity index is 0.00000243. The molecule has 3 N–H and O–H groups in total. The molecule has 5 nitrogen and oxygen atoms in total. The molecule has 2 amide bonds. The van der Waals surface area contributed by atoms with Crippen LogP contribution in [0, 0.1) is 18.7 Å². The summed E-state index contributed by atoms with van der Waals surface area (Å²) in [5.74, 6) is -0.845. The van der Waals surface area contributed by atoms with Crippen molar-refractivity contribution < 1.29 is 14.0 Å². The highest BCUT2D eigenvalue weighted by Crippen LogP contribution is 2.19. The summed E-state index contributed by atoms with van der Waals surface area (Å²) >= 11 is 0. The average molecular weight is 378 g/mol. The fourth-order valence-corrected chi connectivity index (χ4v) is 2.56. The van der Waals surface area contributed by atoms with E-state index in [9.17, 15) is 14.0 Å². The van der Waals surface area contributed by atoms with E-state index in [1.165, 1.54) is 18.2 Å². The van der Waals surface area contributed by atoms with E-state index in [1.807, 2.05) is 6.92 Å². The maximum Gasteiger partial charge on any atom is 0.258 e. The molecule has 0 bridgehead atoms. The van der Waals surface area contributed by atoms with Gasteiger partial charge in [-0.2, -0.15) is 0 Å². The van der Waals surface area contributed by atoms with Crippen molar-refractivity contribution >= 4 is 29.9 Å². The van der Waals surface area contributed by atoms with Crippen molar-refractivity contribution in [3.8, 4) is 0 Å². The number of aryl methyl sites for hydroxylation is 1. The van der Waals surface area contributed by atoms with Gasteiger partial charge >= 0.3 is 0 Å². The lowest BCUT2D eigenvalue weighted by Gasteiger charge is -2.27. The molecular formula is C19H21ClFN3O2. The SMILES string of the molecule is Cc1ccc(C(=O)NCC2CNC2)cc1NC(=O)c1ccccc1F.Cl. The Hall–Kier alpha value is -2.44. The Labute approximate surface area is 157 Å². The molecule has 0 saturated carbocycles. The summed E-state index contributed by atoms with van der Waals surface area (Å²) < 4.78 is 13.7. The molecule has 0 aromatic heterocycles. The maximum atomic E-state index is 13.7. The third-order valence-electron chi connectivity index (χ3n) is 4.28. The molecule has 1 aliphatic heterocycles. The van der Waals surface area contributed by atoms with Gasteiger partial charge in [0, 0.05) is 36.8 Å². The van der Waals surface area contributed by atoms with Crippen molar-refractivity contribution in [2.45, 2.75) is 6.92 Å². The maximum absolute atomic E-state index is 13.7. The van der Waals surface area contributed by atoms with Gasteiger partial charge in [0.1, 0.15) is 5.82 Å². The fourth-order valence-electron chi connectivity index (χ4n) is 2.56. The molecule has 2 aromatic rings. The molecule has 0 radical (unpaired) electrons. The van der Waals surface area contributed by atoms with Crippen LogP contribution < -0.4 is 16.0 Å². The normalized spacial score (nSPS) is 13.3. The molecule has 1 fully saturated rings. The summed E-state index contributed by atoms with van der Waals surface area (Å²) in [6.07, 6.45) is 0. The van der Waals surface area contributed by atoms with Gasteiger partial charge < -0.3 is 16.0 Å². The molecule has 0 aliphatic carbocycles. The van der Waals surface area contributed by atoms with Crippen molar-refractivity contribution in [1.29, 1.82) is 0 Å². The number of amides is 2. The van der Waals surface area contributed by atoms with E-state index in [1.54, 1.807) is 24.3 Å². The molecule has 7 heteroatoms. The topological polar surface area (TPSA) is 70.2 Å². The van der Waals surface area contributed by atoms with Crippen LogP contribution in [0.2, 0.25) is 0 Å². The highest BCUT2D eigenvalue weighted by atomic mass is 35.5. The monoisotopic (exact) mass is 377 g/mol. The van der Waals surface area contributed by atoms with E-state index >= 15 is 0 Å². The summed E-state index contributed by atoms with van der Waals surface area (Å²) in [6.45, 7) is 4.27. The Morgan fingerprint density at radius 3 is 2.54 bits per heavy atom. The molecule has 0 spiro atoms. The van der Waals surface area contributed by atoms with Crippen LogP contribution in [0.3, 0.4) is 0 Å². The lowest BCUT2D eigenvalue weighted by molar-refractivity contribution is 0.0941. The lowest BCUT2D eigenvalue weighted by Crippen LogP contribution is -2.48. The average Bonchev–Trinajstić information content (AvgIpc) is 2.55. The first-order valence-electron chi connectivity index (χ1n) is 8.20. The lowest BCUT2D eigenvalue weighted by atomic mass is 10.0. The van der Waals surface area contributed by atoms with Crippen LogP contribution in [-0.4, -0.2) is 31.4 Å². The molecule has 0 unspecified atom stereocenters. The van der Waals surface area contributed by atoms with Crippen molar-refractivity contribution in [1.82, 2.24) is 10.6 Å². The summed E-state index contributed by atoms with van der Waals surface area (Å²) in [7, 11) is 0. The van der Waals surface area contributed by atoms with E-state index in [4.69, 9.17) is 0 Å². The molecule has 138 valence electrons. The molecule has 3 rings (SSSR count). The van der Waals surface area contributed by atoms with Crippen LogP contribution in [0.25, 0.3) is 0 Å². The van der Waals surface area contributed by atoms with E-state index in [-0.39, 0.29) is 23.9 Å². The van der Waals surface area contributed by atoms with Crippen LogP contribution in [0.5, 0.6) is 0 Å². The minimum atomic E-state index is -0.583. The number of rotatable bonds is 5. The van der Waals surface area contributed by atoms with Crippen LogP contribution >= 0.6 is 12.4 Å². The number of nitrogens with one attached hydrogen (secondary N) is 3. The van der Waals surface area contributed by atoms with Gasteiger partial charge in [-0.05, 0) is 36.8 Å². The van der Waals surface area contributed by atoms with Crippen LogP contribution in [-0.2, 0) is 0 Å². The zero-order valence-corrected chi connectivity index (χ0v) is 15.2. The first kappa shape index (κ1) is 19.9. The summed E-state index contributed by atoms with van der Waals surface area (Å²) in [4.78, 5) is 24.5. The Bertz CT molecular complexity index is 809. The molecule has 1 aliphatic rings. The first-order chi connectivity index (χ1) is 12.0. The van der Waals surface area contributed by atoms with E-state index in [2.05, 4.69) is 16.0 Å². The van der Waals surface area contributed by atoms with Gasteiger partial charge in [-0.25, -0.2) is 4.39 Å². The van der Waals surface area contributed by atoms with Crippen LogP contribution in [0.4, 0.5) is 10.1 Å². The second-order valence-corrected chi connectivity index (χ2v) is 6.20. The Morgan fingerprint density at radius 1 is 1.15 bits per heavy atom. The number of anilines is 1. The summed E-state index contributed by atoms with van der Waals surface area (Å²) in [6, 6.07) is 10.9. The Kier molecular flexibility index (Phi) is 6.71. The van der Waals surface area contributed by atoms with Crippen molar-refractivity contribution in [2.75, 3.05) is 25.0 Å². The van der Waals surface area contributed by atoms with Gasteiger partial charge in [0.2, 0.25) is 0 Å². The minimum absolute atomic E-state index is 0. The largest absolute Gasteiger partial charge is 0.352 e. The molecular weight excluding hydrogens is 357 g/mol. The number of halogens is 2. The third-order valence-corrected chi connectivity index (χ3v) is 4.28. The number of carbonyl (C=O) groups excluding carboxylic acids is 2. The van der Waals surface area contributed by atoms with E-state index in [0.717, 1.165) is 18.7 Å². The number of benzene rings is 2. The molecule has 1 saturated heterocycles. The standard InChI is InChI=1S/C19H20FN3O2.ClH/c1-12-6-7-14(18(24)22-11-13-9-21-10-13)8-17(12)23-19(25)15-4-2-3-5-16(15)20;/h2-8,13,21H,9-11H2,1H3,(H,22,24)(H,23,25);1H. The molecule has 2 aromatic carbocycles. The van der Waals surface area contributed by atoms with Gasteiger partial charge in [-0.3, -0.25) is 9.59 Å². The van der Waals surface area contributed by atoms with Crippen molar-refractivity contribution in [3.05, 3.63) is 65.0 Å². The predicted molar refractivity (Wildman–Crippen MR) is 101 cm³/mol.